The number of carbonyl (C=O) groups is 1. The molecule has 2 N–H and O–H groups in total. The third kappa shape index (κ3) is 5.35. The fraction of sp³-hybridized carbons (Fsp3) is 0.179. The van der Waals surface area contributed by atoms with Gasteiger partial charge in [-0.3, -0.25) is 9.78 Å². The number of halogens is 2. The van der Waals surface area contributed by atoms with Crippen LogP contribution in [0.5, 0.6) is 0 Å². The van der Waals surface area contributed by atoms with Crippen molar-refractivity contribution in [3.8, 4) is 5.69 Å². The van der Waals surface area contributed by atoms with E-state index < -0.39 is 5.82 Å². The van der Waals surface area contributed by atoms with Gasteiger partial charge in [0.2, 0.25) is 5.91 Å². The maximum atomic E-state index is 13.9. The number of aromatic nitrogens is 2. The Balaban J connectivity index is 1.44. The number of carbonyl (C=O) groups excluding carboxylic acids is 1. The van der Waals surface area contributed by atoms with Crippen molar-refractivity contribution >= 4 is 40.5 Å². The minimum atomic E-state index is -0.476. The summed E-state index contributed by atoms with van der Waals surface area (Å²) < 4.78 is 15.8. The third-order valence-corrected chi connectivity index (χ3v) is 7.02. The summed E-state index contributed by atoms with van der Waals surface area (Å²) in [5, 5.41) is 6.93. The van der Waals surface area contributed by atoms with Gasteiger partial charge in [0.05, 0.1) is 22.8 Å². The van der Waals surface area contributed by atoms with E-state index in [-0.39, 0.29) is 29.4 Å². The van der Waals surface area contributed by atoms with Crippen LogP contribution in [0.25, 0.3) is 5.69 Å². The molecule has 1 aliphatic rings. The number of benzene rings is 2. The van der Waals surface area contributed by atoms with E-state index in [1.54, 1.807) is 18.3 Å². The van der Waals surface area contributed by atoms with Crippen LogP contribution in [-0.2, 0) is 4.79 Å². The van der Waals surface area contributed by atoms with Crippen LogP contribution in [0.2, 0.25) is 5.02 Å². The molecule has 0 bridgehead atoms. The molecule has 1 amide bonds. The second-order valence-electron chi connectivity index (χ2n) is 8.89. The van der Waals surface area contributed by atoms with Crippen LogP contribution in [0, 0.1) is 12.7 Å². The molecule has 2 unspecified atom stereocenters. The molecule has 1 saturated heterocycles. The van der Waals surface area contributed by atoms with Crippen LogP contribution >= 0.6 is 23.8 Å². The van der Waals surface area contributed by atoms with Gasteiger partial charge >= 0.3 is 0 Å². The summed E-state index contributed by atoms with van der Waals surface area (Å²) in [4.78, 5) is 19.4. The van der Waals surface area contributed by atoms with Crippen molar-refractivity contribution in [2.75, 3.05) is 11.9 Å². The quantitative estimate of drug-likeness (QED) is 0.286. The van der Waals surface area contributed by atoms with Crippen LogP contribution in [0.1, 0.15) is 35.5 Å². The predicted octanol–water partition coefficient (Wildman–Crippen LogP) is 5.97. The molecular weight excluding hydrogens is 509 g/mol. The van der Waals surface area contributed by atoms with Crippen molar-refractivity contribution in [2.45, 2.75) is 25.4 Å². The SMILES string of the molecule is Cc1ccc(NC(=O)CCN2C(=S)NC(c3ccccn3)C2c2cccn2-c2ccc(F)c(Cl)c2)cc1. The number of nitrogens with one attached hydrogen (secondary N) is 2. The summed E-state index contributed by atoms with van der Waals surface area (Å²) in [7, 11) is 0. The summed E-state index contributed by atoms with van der Waals surface area (Å²) in [6.07, 6.45) is 3.88. The Labute approximate surface area is 225 Å². The minimum Gasteiger partial charge on any atom is -0.352 e. The van der Waals surface area contributed by atoms with Gasteiger partial charge in [0.25, 0.3) is 0 Å². The lowest BCUT2D eigenvalue weighted by atomic mass is 10.0. The Hall–Kier alpha value is -3.75. The first kappa shape index (κ1) is 24.9. The summed E-state index contributed by atoms with van der Waals surface area (Å²) in [5.74, 6) is -0.581. The van der Waals surface area contributed by atoms with Crippen LogP contribution in [0.3, 0.4) is 0 Å². The number of aryl methyl sites for hydroxylation is 1. The Morgan fingerprint density at radius 1 is 1.14 bits per heavy atom. The summed E-state index contributed by atoms with van der Waals surface area (Å²) in [6.45, 7) is 2.40. The first-order valence-corrected chi connectivity index (χ1v) is 12.7. The highest BCUT2D eigenvalue weighted by Gasteiger charge is 2.41. The Bertz CT molecular complexity index is 1430. The number of rotatable bonds is 7. The van der Waals surface area contributed by atoms with E-state index in [4.69, 9.17) is 23.8 Å². The molecule has 0 saturated carbocycles. The zero-order chi connectivity index (χ0) is 25.9. The zero-order valence-electron chi connectivity index (χ0n) is 20.1. The van der Waals surface area contributed by atoms with Gasteiger partial charge in [-0.05, 0) is 73.7 Å². The van der Waals surface area contributed by atoms with Crippen molar-refractivity contribution in [1.82, 2.24) is 19.8 Å². The number of thiocarbonyl (C=S) groups is 1. The first-order chi connectivity index (χ1) is 17.9. The van der Waals surface area contributed by atoms with E-state index in [1.165, 1.54) is 6.07 Å². The number of anilines is 1. The van der Waals surface area contributed by atoms with Gasteiger partial charge in [-0.15, -0.1) is 0 Å². The number of hydrogen-bond donors (Lipinski definition) is 2. The fourth-order valence-corrected chi connectivity index (χ4v) is 5.06. The molecular formula is C28H25ClFN5OS. The molecule has 5 rings (SSSR count). The van der Waals surface area contributed by atoms with Crippen molar-refractivity contribution in [1.29, 1.82) is 0 Å². The average Bonchev–Trinajstić information content (AvgIpc) is 3.50. The Morgan fingerprint density at radius 3 is 2.68 bits per heavy atom. The molecule has 188 valence electrons. The molecule has 2 aromatic carbocycles. The van der Waals surface area contributed by atoms with Gasteiger partial charge < -0.3 is 20.1 Å². The van der Waals surface area contributed by atoms with Crippen LogP contribution < -0.4 is 10.6 Å². The Kier molecular flexibility index (Phi) is 7.21. The van der Waals surface area contributed by atoms with E-state index in [0.29, 0.717) is 11.7 Å². The number of hydrogen-bond acceptors (Lipinski definition) is 3. The van der Waals surface area contributed by atoms with E-state index in [0.717, 1.165) is 28.3 Å². The standard InChI is InChI=1S/C28H25ClFN5OS/c1-18-7-9-19(10-8-18)32-25(36)13-16-35-27(26(33-28(35)37)23-5-2-3-14-31-23)24-6-4-15-34(24)20-11-12-22(30)21(29)17-20/h2-12,14-15,17,26-27H,13,16H2,1H3,(H,32,36)(H,33,37). The van der Waals surface area contributed by atoms with Crippen molar-refractivity contribution < 1.29 is 9.18 Å². The monoisotopic (exact) mass is 533 g/mol. The van der Waals surface area contributed by atoms with Gasteiger partial charge in [0, 0.05) is 42.4 Å². The van der Waals surface area contributed by atoms with Gasteiger partial charge in [-0.1, -0.05) is 35.4 Å². The van der Waals surface area contributed by atoms with Crippen LogP contribution in [-0.4, -0.2) is 32.0 Å². The molecule has 2 atom stereocenters. The zero-order valence-corrected chi connectivity index (χ0v) is 21.6. The molecule has 1 aliphatic heterocycles. The lowest BCUT2D eigenvalue weighted by molar-refractivity contribution is -0.116. The molecule has 6 nitrogen and oxygen atoms in total. The van der Waals surface area contributed by atoms with Gasteiger partial charge in [-0.25, -0.2) is 4.39 Å². The van der Waals surface area contributed by atoms with E-state index >= 15 is 0 Å². The second kappa shape index (κ2) is 10.7. The molecule has 0 radical (unpaired) electrons. The number of amides is 1. The van der Waals surface area contributed by atoms with Gasteiger partial charge in [-0.2, -0.15) is 0 Å². The van der Waals surface area contributed by atoms with Crippen molar-refractivity contribution in [3.05, 3.63) is 113 Å². The molecule has 2 aromatic heterocycles. The summed E-state index contributed by atoms with van der Waals surface area (Å²) in [5.41, 5.74) is 4.33. The normalized spacial score (nSPS) is 17.1. The van der Waals surface area contributed by atoms with Crippen molar-refractivity contribution in [3.63, 3.8) is 0 Å². The molecule has 9 heteroatoms. The van der Waals surface area contributed by atoms with Crippen molar-refractivity contribution in [2.24, 2.45) is 0 Å². The number of nitrogens with zero attached hydrogens (tertiary/aromatic N) is 3. The van der Waals surface area contributed by atoms with Gasteiger partial charge in [0.15, 0.2) is 5.11 Å². The molecule has 4 aromatic rings. The largest absolute Gasteiger partial charge is 0.352 e. The maximum absolute atomic E-state index is 13.9. The predicted molar refractivity (Wildman–Crippen MR) is 147 cm³/mol. The van der Waals surface area contributed by atoms with Crippen LogP contribution in [0.4, 0.5) is 10.1 Å². The van der Waals surface area contributed by atoms with E-state index in [1.807, 2.05) is 77.2 Å². The topological polar surface area (TPSA) is 62.2 Å². The Morgan fingerprint density at radius 2 is 1.95 bits per heavy atom. The molecule has 0 aliphatic carbocycles. The minimum absolute atomic E-state index is 0.0446. The number of pyridine rings is 1. The fourth-order valence-electron chi connectivity index (χ4n) is 4.56. The molecule has 0 spiro atoms. The highest BCUT2D eigenvalue weighted by Crippen LogP contribution is 2.39. The average molecular weight is 534 g/mol. The first-order valence-electron chi connectivity index (χ1n) is 11.9. The second-order valence-corrected chi connectivity index (χ2v) is 9.68. The smallest absolute Gasteiger partial charge is 0.226 e. The highest BCUT2D eigenvalue weighted by molar-refractivity contribution is 7.80. The van der Waals surface area contributed by atoms with E-state index in [9.17, 15) is 9.18 Å². The lowest BCUT2D eigenvalue weighted by Crippen LogP contribution is -2.33. The molecule has 37 heavy (non-hydrogen) atoms. The molecule has 1 fully saturated rings. The molecule has 3 heterocycles. The van der Waals surface area contributed by atoms with E-state index in [2.05, 4.69) is 15.6 Å². The summed E-state index contributed by atoms with van der Waals surface area (Å²) in [6, 6.07) is 21.4. The lowest BCUT2D eigenvalue weighted by Gasteiger charge is -2.29. The maximum Gasteiger partial charge on any atom is 0.226 e. The van der Waals surface area contributed by atoms with Gasteiger partial charge in [0.1, 0.15) is 5.82 Å². The van der Waals surface area contributed by atoms with Crippen LogP contribution in [0.15, 0.2) is 85.2 Å². The highest BCUT2D eigenvalue weighted by atomic mass is 35.5. The third-order valence-electron chi connectivity index (χ3n) is 6.38. The summed E-state index contributed by atoms with van der Waals surface area (Å²) >= 11 is 11.8.